The van der Waals surface area contributed by atoms with Crippen LogP contribution in [0.5, 0.6) is 11.5 Å². The maximum atomic E-state index is 9.74. The molecule has 0 fully saturated rings. The lowest BCUT2D eigenvalue weighted by molar-refractivity contribution is 0.265. The Kier molecular flexibility index (Phi) is 4.39. The van der Waals surface area contributed by atoms with Crippen LogP contribution in [0.1, 0.15) is 17.2 Å². The molecule has 1 unspecified atom stereocenters. The highest BCUT2D eigenvalue weighted by Gasteiger charge is 2.09. The Morgan fingerprint density at radius 3 is 2.53 bits per heavy atom. The fourth-order valence-corrected chi connectivity index (χ4v) is 1.72. The monoisotopic (exact) mass is 259 g/mol. The van der Waals surface area contributed by atoms with Gasteiger partial charge in [-0.15, -0.1) is 0 Å². The number of phenols is 1. The topological polar surface area (TPSA) is 75.7 Å². The number of phenolic OH excluding ortho intramolecular Hbond substituents is 1. The molecule has 1 atom stereocenters. The van der Waals surface area contributed by atoms with E-state index in [1.807, 2.05) is 30.3 Å². The number of rotatable bonds is 5. The van der Waals surface area contributed by atoms with Gasteiger partial charge >= 0.3 is 0 Å². The molecule has 2 aromatic carbocycles. The molecule has 0 bridgehead atoms. The smallest absolute Gasteiger partial charge is 0.161 e. The highest BCUT2D eigenvalue weighted by molar-refractivity contribution is 5.42. The maximum Gasteiger partial charge on any atom is 0.161 e. The summed E-state index contributed by atoms with van der Waals surface area (Å²) in [5, 5.41) is 18.8. The lowest BCUT2D eigenvalue weighted by atomic mass is 10.1. The second kappa shape index (κ2) is 6.22. The number of aliphatic hydroxyl groups is 1. The molecule has 4 N–H and O–H groups in total. The van der Waals surface area contributed by atoms with Crippen molar-refractivity contribution < 1.29 is 14.9 Å². The molecule has 0 radical (unpaired) electrons. The molecule has 0 heterocycles. The number of aromatic hydroxyl groups is 1. The number of nitrogens with two attached hydrogens (primary N) is 1. The number of hydrogen-bond acceptors (Lipinski definition) is 4. The van der Waals surface area contributed by atoms with Gasteiger partial charge in [-0.25, -0.2) is 0 Å². The molecule has 4 heteroatoms. The fourth-order valence-electron chi connectivity index (χ4n) is 1.72. The molecule has 0 aliphatic rings. The van der Waals surface area contributed by atoms with Crippen LogP contribution in [0.25, 0.3) is 0 Å². The van der Waals surface area contributed by atoms with Crippen LogP contribution in [0.15, 0.2) is 48.5 Å². The third-order valence-electron chi connectivity index (χ3n) is 2.85. The predicted molar refractivity (Wildman–Crippen MR) is 72.9 cm³/mol. The number of hydrogen-bond donors (Lipinski definition) is 3. The van der Waals surface area contributed by atoms with Gasteiger partial charge in [0.25, 0.3) is 0 Å². The van der Waals surface area contributed by atoms with Crippen LogP contribution in [0.2, 0.25) is 0 Å². The lowest BCUT2D eigenvalue weighted by Gasteiger charge is -2.13. The van der Waals surface area contributed by atoms with E-state index in [0.717, 1.165) is 11.1 Å². The summed E-state index contributed by atoms with van der Waals surface area (Å²) in [6.07, 6.45) is 0. The summed E-state index contributed by atoms with van der Waals surface area (Å²) >= 11 is 0. The molecule has 19 heavy (non-hydrogen) atoms. The normalized spacial score (nSPS) is 12.1. The SMILES string of the molecule is NC(CO)c1ccc(O)c(OCc2ccccc2)c1. The van der Waals surface area contributed by atoms with Gasteiger partial charge in [-0.3, -0.25) is 0 Å². The first kappa shape index (κ1) is 13.4. The van der Waals surface area contributed by atoms with Gasteiger partial charge in [0.1, 0.15) is 6.61 Å². The highest BCUT2D eigenvalue weighted by atomic mass is 16.5. The lowest BCUT2D eigenvalue weighted by Crippen LogP contribution is -2.14. The van der Waals surface area contributed by atoms with Gasteiger partial charge in [0.2, 0.25) is 0 Å². The minimum Gasteiger partial charge on any atom is -0.504 e. The van der Waals surface area contributed by atoms with Crippen LogP contribution >= 0.6 is 0 Å². The van der Waals surface area contributed by atoms with Gasteiger partial charge < -0.3 is 20.7 Å². The van der Waals surface area contributed by atoms with E-state index in [0.29, 0.717) is 12.4 Å². The van der Waals surface area contributed by atoms with E-state index in [9.17, 15) is 5.11 Å². The summed E-state index contributed by atoms with van der Waals surface area (Å²) in [6.45, 7) is 0.217. The standard InChI is InChI=1S/C15H17NO3/c16-13(9-17)12-6-7-14(18)15(8-12)19-10-11-4-2-1-3-5-11/h1-8,13,17-18H,9-10,16H2. The fraction of sp³-hybridized carbons (Fsp3) is 0.200. The Hall–Kier alpha value is -2.04. The van der Waals surface area contributed by atoms with Crippen LogP contribution < -0.4 is 10.5 Å². The zero-order valence-corrected chi connectivity index (χ0v) is 10.5. The number of ether oxygens (including phenoxy) is 1. The van der Waals surface area contributed by atoms with Crippen molar-refractivity contribution in [1.29, 1.82) is 0 Å². The Morgan fingerprint density at radius 1 is 1.11 bits per heavy atom. The number of benzene rings is 2. The Morgan fingerprint density at radius 2 is 1.84 bits per heavy atom. The maximum absolute atomic E-state index is 9.74. The van der Waals surface area contributed by atoms with Crippen molar-refractivity contribution in [2.45, 2.75) is 12.6 Å². The van der Waals surface area contributed by atoms with Gasteiger partial charge in [-0.2, -0.15) is 0 Å². The molecule has 0 saturated carbocycles. The highest BCUT2D eigenvalue weighted by Crippen LogP contribution is 2.29. The molecule has 100 valence electrons. The molecule has 2 rings (SSSR count). The Labute approximate surface area is 112 Å². The summed E-state index contributed by atoms with van der Waals surface area (Å²) in [5.41, 5.74) is 7.47. The summed E-state index contributed by atoms with van der Waals surface area (Å²) in [5.74, 6) is 0.426. The van der Waals surface area contributed by atoms with E-state index in [1.54, 1.807) is 12.1 Å². The predicted octanol–water partition coefficient (Wildman–Crippen LogP) is 1.96. The van der Waals surface area contributed by atoms with E-state index in [1.165, 1.54) is 6.07 Å². The van der Waals surface area contributed by atoms with Crippen LogP contribution in [-0.4, -0.2) is 16.8 Å². The van der Waals surface area contributed by atoms with Crippen molar-refractivity contribution in [2.75, 3.05) is 6.61 Å². The second-order valence-electron chi connectivity index (χ2n) is 4.29. The Bertz CT molecular complexity index is 528. The van der Waals surface area contributed by atoms with Gasteiger partial charge in [0, 0.05) is 0 Å². The van der Waals surface area contributed by atoms with Gasteiger partial charge in [-0.05, 0) is 23.3 Å². The van der Waals surface area contributed by atoms with Crippen molar-refractivity contribution in [3.8, 4) is 11.5 Å². The quantitative estimate of drug-likeness (QED) is 0.767. The molecule has 0 aliphatic carbocycles. The first-order valence-electron chi connectivity index (χ1n) is 6.07. The average molecular weight is 259 g/mol. The summed E-state index contributed by atoms with van der Waals surface area (Å²) in [7, 11) is 0. The molecule has 2 aromatic rings. The summed E-state index contributed by atoms with van der Waals surface area (Å²) in [4.78, 5) is 0. The zero-order chi connectivity index (χ0) is 13.7. The molecular weight excluding hydrogens is 242 g/mol. The molecule has 0 aliphatic heterocycles. The van der Waals surface area contributed by atoms with E-state index in [4.69, 9.17) is 15.6 Å². The minimum atomic E-state index is -0.473. The van der Waals surface area contributed by atoms with E-state index < -0.39 is 6.04 Å². The van der Waals surface area contributed by atoms with Crippen LogP contribution in [0.3, 0.4) is 0 Å². The van der Waals surface area contributed by atoms with E-state index >= 15 is 0 Å². The van der Waals surface area contributed by atoms with Gasteiger partial charge in [0.05, 0.1) is 12.6 Å². The summed E-state index contributed by atoms with van der Waals surface area (Å²) in [6, 6.07) is 14.0. The first-order chi connectivity index (χ1) is 9.20. The second-order valence-corrected chi connectivity index (χ2v) is 4.29. The van der Waals surface area contributed by atoms with Crippen molar-refractivity contribution in [3.05, 3.63) is 59.7 Å². The van der Waals surface area contributed by atoms with Crippen LogP contribution in [0.4, 0.5) is 0 Å². The van der Waals surface area contributed by atoms with Gasteiger partial charge in [0.15, 0.2) is 11.5 Å². The third-order valence-corrected chi connectivity index (χ3v) is 2.85. The molecular formula is C15H17NO3. The van der Waals surface area contributed by atoms with Crippen LogP contribution in [-0.2, 0) is 6.61 Å². The largest absolute Gasteiger partial charge is 0.504 e. The number of aliphatic hydroxyl groups excluding tert-OH is 1. The first-order valence-corrected chi connectivity index (χ1v) is 6.07. The van der Waals surface area contributed by atoms with Crippen molar-refractivity contribution in [1.82, 2.24) is 0 Å². The van der Waals surface area contributed by atoms with Gasteiger partial charge in [-0.1, -0.05) is 36.4 Å². The molecule has 0 saturated heterocycles. The van der Waals surface area contributed by atoms with Crippen molar-refractivity contribution >= 4 is 0 Å². The minimum absolute atomic E-state index is 0.0600. The zero-order valence-electron chi connectivity index (χ0n) is 10.5. The molecule has 0 aromatic heterocycles. The summed E-state index contributed by atoms with van der Waals surface area (Å²) < 4.78 is 5.57. The molecule has 4 nitrogen and oxygen atoms in total. The van der Waals surface area contributed by atoms with E-state index in [-0.39, 0.29) is 12.4 Å². The average Bonchev–Trinajstić information content (AvgIpc) is 2.46. The van der Waals surface area contributed by atoms with E-state index in [2.05, 4.69) is 0 Å². The van der Waals surface area contributed by atoms with Crippen molar-refractivity contribution in [3.63, 3.8) is 0 Å². The molecule has 0 spiro atoms. The third kappa shape index (κ3) is 3.47. The molecule has 0 amide bonds. The van der Waals surface area contributed by atoms with Crippen LogP contribution in [0, 0.1) is 0 Å². The Balaban J connectivity index is 2.11. The van der Waals surface area contributed by atoms with Crippen molar-refractivity contribution in [2.24, 2.45) is 5.73 Å².